The summed E-state index contributed by atoms with van der Waals surface area (Å²) in [6.45, 7) is 3.95. The van der Waals surface area contributed by atoms with Gasteiger partial charge in [0.2, 0.25) is 0 Å². The molecule has 2 aromatic carbocycles. The first-order valence-corrected chi connectivity index (χ1v) is 7.11. The van der Waals surface area contributed by atoms with Gasteiger partial charge in [0.05, 0.1) is 18.9 Å². The van der Waals surface area contributed by atoms with Crippen LogP contribution in [0.2, 0.25) is 5.02 Å². The molecule has 0 aromatic heterocycles. The molecular formula is C17H18ClNO2. The summed E-state index contributed by atoms with van der Waals surface area (Å²) in [5.74, 6) is 1.39. The number of ether oxygens (including phenoxy) is 2. The molecule has 0 fully saturated rings. The van der Waals surface area contributed by atoms with E-state index in [-0.39, 0.29) is 6.10 Å². The van der Waals surface area contributed by atoms with Crippen molar-refractivity contribution in [2.75, 3.05) is 7.11 Å². The fourth-order valence-corrected chi connectivity index (χ4v) is 2.04. The zero-order chi connectivity index (χ0) is 15.2. The number of nitrogens with zero attached hydrogens (tertiary/aromatic N) is 1. The summed E-state index contributed by atoms with van der Waals surface area (Å²) >= 11 is 5.96. The maximum atomic E-state index is 5.96. The Morgan fingerprint density at radius 1 is 1.14 bits per heavy atom. The third-order valence-electron chi connectivity index (χ3n) is 2.74. The van der Waals surface area contributed by atoms with Crippen molar-refractivity contribution >= 4 is 23.5 Å². The average molecular weight is 304 g/mol. The lowest BCUT2D eigenvalue weighted by atomic mass is 10.2. The molecule has 4 heteroatoms. The van der Waals surface area contributed by atoms with E-state index in [1.807, 2.05) is 50.2 Å². The van der Waals surface area contributed by atoms with Crippen molar-refractivity contribution in [2.45, 2.75) is 20.0 Å². The first-order valence-electron chi connectivity index (χ1n) is 6.73. The average Bonchev–Trinajstić information content (AvgIpc) is 2.45. The highest BCUT2D eigenvalue weighted by Gasteiger charge is 2.10. The fourth-order valence-electron chi connectivity index (χ4n) is 1.86. The van der Waals surface area contributed by atoms with Gasteiger partial charge in [-0.3, -0.25) is 4.99 Å². The molecule has 110 valence electrons. The van der Waals surface area contributed by atoms with Crippen LogP contribution in [-0.2, 0) is 0 Å². The maximum Gasteiger partial charge on any atom is 0.170 e. The van der Waals surface area contributed by atoms with Crippen molar-refractivity contribution in [3.8, 4) is 11.5 Å². The Bertz CT molecular complexity index is 638. The predicted molar refractivity (Wildman–Crippen MR) is 87.5 cm³/mol. The largest absolute Gasteiger partial charge is 0.493 e. The third-order valence-corrected chi connectivity index (χ3v) is 2.98. The number of hydrogen-bond donors (Lipinski definition) is 0. The highest BCUT2D eigenvalue weighted by molar-refractivity contribution is 6.30. The molecule has 21 heavy (non-hydrogen) atoms. The number of rotatable bonds is 5. The predicted octanol–water partition coefficient (Wildman–Crippen LogP) is 4.89. The van der Waals surface area contributed by atoms with Crippen molar-refractivity contribution in [3.63, 3.8) is 0 Å². The topological polar surface area (TPSA) is 30.8 Å². The molecule has 0 atom stereocenters. The molecule has 2 rings (SSSR count). The van der Waals surface area contributed by atoms with E-state index >= 15 is 0 Å². The van der Waals surface area contributed by atoms with E-state index in [4.69, 9.17) is 21.1 Å². The van der Waals surface area contributed by atoms with E-state index in [0.29, 0.717) is 16.5 Å². The van der Waals surface area contributed by atoms with Crippen LogP contribution in [0.3, 0.4) is 0 Å². The third kappa shape index (κ3) is 4.23. The monoisotopic (exact) mass is 303 g/mol. The minimum atomic E-state index is 0.0552. The maximum absolute atomic E-state index is 5.96. The molecule has 0 N–H and O–H groups in total. The standard InChI is InChI=1S/C17H18ClNO2/c1-12(2)21-17-13(6-4-9-16(17)20-3)11-19-15-8-5-7-14(18)10-15/h4-12H,1-3H3. The zero-order valence-corrected chi connectivity index (χ0v) is 13.1. The molecular weight excluding hydrogens is 286 g/mol. The van der Waals surface area contributed by atoms with Crippen LogP contribution in [0, 0.1) is 0 Å². The number of aliphatic imine (C=N–C) groups is 1. The second-order valence-electron chi connectivity index (χ2n) is 4.78. The van der Waals surface area contributed by atoms with E-state index in [0.717, 1.165) is 11.3 Å². The Hall–Kier alpha value is -2.00. The van der Waals surface area contributed by atoms with Gasteiger partial charge in [-0.1, -0.05) is 23.7 Å². The van der Waals surface area contributed by atoms with E-state index < -0.39 is 0 Å². The molecule has 0 radical (unpaired) electrons. The van der Waals surface area contributed by atoms with E-state index in [1.165, 1.54) is 0 Å². The van der Waals surface area contributed by atoms with Gasteiger partial charge in [-0.05, 0) is 44.2 Å². The zero-order valence-electron chi connectivity index (χ0n) is 12.3. The molecule has 0 bridgehead atoms. The Kier molecular flexibility index (Phi) is 5.23. The second kappa shape index (κ2) is 7.14. The van der Waals surface area contributed by atoms with Gasteiger partial charge in [0.25, 0.3) is 0 Å². The van der Waals surface area contributed by atoms with Crippen LogP contribution in [-0.4, -0.2) is 19.4 Å². The molecule has 0 spiro atoms. The van der Waals surface area contributed by atoms with Crippen molar-refractivity contribution in [2.24, 2.45) is 4.99 Å². The molecule has 0 amide bonds. The summed E-state index contributed by atoms with van der Waals surface area (Å²) in [4.78, 5) is 4.44. The van der Waals surface area contributed by atoms with Crippen LogP contribution in [0.5, 0.6) is 11.5 Å². The number of methoxy groups -OCH3 is 1. The van der Waals surface area contributed by atoms with Gasteiger partial charge < -0.3 is 9.47 Å². The van der Waals surface area contributed by atoms with Crippen LogP contribution >= 0.6 is 11.6 Å². The highest BCUT2D eigenvalue weighted by atomic mass is 35.5. The van der Waals surface area contributed by atoms with Crippen LogP contribution in [0.4, 0.5) is 5.69 Å². The SMILES string of the molecule is COc1cccc(C=Nc2cccc(Cl)c2)c1OC(C)C. The summed E-state index contributed by atoms with van der Waals surface area (Å²) in [6, 6.07) is 13.1. The van der Waals surface area contributed by atoms with Crippen molar-refractivity contribution in [1.82, 2.24) is 0 Å². The summed E-state index contributed by atoms with van der Waals surface area (Å²) in [5.41, 5.74) is 1.66. The molecule has 0 aliphatic heterocycles. The summed E-state index contributed by atoms with van der Waals surface area (Å²) < 4.78 is 11.2. The lowest BCUT2D eigenvalue weighted by Gasteiger charge is -2.15. The smallest absolute Gasteiger partial charge is 0.170 e. The number of halogens is 1. The van der Waals surface area contributed by atoms with Gasteiger partial charge >= 0.3 is 0 Å². The fraction of sp³-hybridized carbons (Fsp3) is 0.235. The minimum absolute atomic E-state index is 0.0552. The quantitative estimate of drug-likeness (QED) is 0.737. The molecule has 2 aromatic rings. The van der Waals surface area contributed by atoms with Gasteiger partial charge in [-0.25, -0.2) is 0 Å². The van der Waals surface area contributed by atoms with E-state index in [1.54, 1.807) is 19.4 Å². The van der Waals surface area contributed by atoms with Gasteiger partial charge in [-0.2, -0.15) is 0 Å². The first kappa shape index (κ1) is 15.4. The molecule has 0 unspecified atom stereocenters. The Labute approximate surface area is 130 Å². The summed E-state index contributed by atoms with van der Waals surface area (Å²) in [5, 5.41) is 0.661. The van der Waals surface area contributed by atoms with Crippen molar-refractivity contribution in [3.05, 3.63) is 53.1 Å². The van der Waals surface area contributed by atoms with Gasteiger partial charge in [0, 0.05) is 16.8 Å². The second-order valence-corrected chi connectivity index (χ2v) is 5.22. The molecule has 0 aliphatic carbocycles. The van der Waals surface area contributed by atoms with Crippen LogP contribution in [0.1, 0.15) is 19.4 Å². The number of hydrogen-bond acceptors (Lipinski definition) is 3. The van der Waals surface area contributed by atoms with Crippen LogP contribution < -0.4 is 9.47 Å². The lowest BCUT2D eigenvalue weighted by Crippen LogP contribution is -2.08. The Morgan fingerprint density at radius 2 is 1.90 bits per heavy atom. The van der Waals surface area contributed by atoms with Crippen molar-refractivity contribution in [1.29, 1.82) is 0 Å². The van der Waals surface area contributed by atoms with Gasteiger partial charge in [-0.15, -0.1) is 0 Å². The molecule has 0 heterocycles. The molecule has 0 saturated carbocycles. The number of benzene rings is 2. The summed E-state index contributed by atoms with van der Waals surface area (Å²) in [6.07, 6.45) is 1.81. The van der Waals surface area contributed by atoms with E-state index in [9.17, 15) is 0 Å². The molecule has 0 aliphatic rings. The minimum Gasteiger partial charge on any atom is -0.493 e. The van der Waals surface area contributed by atoms with Gasteiger partial charge in [0.1, 0.15) is 0 Å². The molecule has 3 nitrogen and oxygen atoms in total. The lowest BCUT2D eigenvalue weighted by molar-refractivity contribution is 0.230. The summed E-state index contributed by atoms with van der Waals surface area (Å²) in [7, 11) is 1.63. The highest BCUT2D eigenvalue weighted by Crippen LogP contribution is 2.31. The Morgan fingerprint density at radius 3 is 2.57 bits per heavy atom. The molecule has 0 saturated heterocycles. The first-order chi connectivity index (χ1) is 10.1. The van der Waals surface area contributed by atoms with E-state index in [2.05, 4.69) is 4.99 Å². The number of para-hydroxylation sites is 1. The van der Waals surface area contributed by atoms with Crippen LogP contribution in [0.15, 0.2) is 47.5 Å². The van der Waals surface area contributed by atoms with Crippen molar-refractivity contribution < 1.29 is 9.47 Å². The van der Waals surface area contributed by atoms with Gasteiger partial charge in [0.15, 0.2) is 11.5 Å². The van der Waals surface area contributed by atoms with Crippen LogP contribution in [0.25, 0.3) is 0 Å². The Balaban J connectivity index is 2.34. The normalized spacial score (nSPS) is 11.1.